The van der Waals surface area contributed by atoms with Gasteiger partial charge in [-0.3, -0.25) is 9.88 Å². The van der Waals surface area contributed by atoms with E-state index in [4.69, 9.17) is 0 Å². The van der Waals surface area contributed by atoms with Crippen LogP contribution in [-0.2, 0) is 6.54 Å². The molecular formula is C16H28N4. The minimum atomic E-state index is 0.653. The molecule has 20 heavy (non-hydrogen) atoms. The van der Waals surface area contributed by atoms with Crippen molar-refractivity contribution in [3.63, 3.8) is 0 Å². The lowest BCUT2D eigenvalue weighted by molar-refractivity contribution is 0.209. The highest BCUT2D eigenvalue weighted by Crippen LogP contribution is 2.21. The molecule has 4 nitrogen and oxygen atoms in total. The fourth-order valence-electron chi connectivity index (χ4n) is 2.74. The van der Waals surface area contributed by atoms with E-state index in [1.807, 2.05) is 12.4 Å². The number of hydrogen-bond acceptors (Lipinski definition) is 4. The first kappa shape index (κ1) is 15.3. The lowest BCUT2D eigenvalue weighted by atomic mass is 10.1. The Bertz CT molecular complexity index is 397. The maximum Gasteiger partial charge on any atom is 0.0443 e. The van der Waals surface area contributed by atoms with Crippen LogP contribution in [0.3, 0.4) is 0 Å². The highest BCUT2D eigenvalue weighted by molar-refractivity contribution is 5.52. The standard InChI is InChI=1S/C16H28N4/c1-4-6-17-12-15-13-18-7-5-16(15)20-10-8-19(9-11-20)14(2)3/h5,7,13-14,17H,4,6,8-12H2,1-3H3. The van der Waals surface area contributed by atoms with Crippen molar-refractivity contribution in [2.75, 3.05) is 37.6 Å². The van der Waals surface area contributed by atoms with Gasteiger partial charge in [0.05, 0.1) is 0 Å². The topological polar surface area (TPSA) is 31.4 Å². The first-order valence-corrected chi connectivity index (χ1v) is 7.85. The van der Waals surface area contributed by atoms with Crippen LogP contribution < -0.4 is 10.2 Å². The summed E-state index contributed by atoms with van der Waals surface area (Å²) in [7, 11) is 0. The van der Waals surface area contributed by atoms with Gasteiger partial charge in [0.15, 0.2) is 0 Å². The third-order valence-electron chi connectivity index (χ3n) is 4.01. The second-order valence-electron chi connectivity index (χ2n) is 5.80. The molecular weight excluding hydrogens is 248 g/mol. The van der Waals surface area contributed by atoms with Crippen LogP contribution in [0.15, 0.2) is 18.5 Å². The lowest BCUT2D eigenvalue weighted by Crippen LogP contribution is -2.49. The van der Waals surface area contributed by atoms with Gasteiger partial charge in [-0.1, -0.05) is 6.92 Å². The van der Waals surface area contributed by atoms with Gasteiger partial charge in [-0.05, 0) is 32.9 Å². The summed E-state index contributed by atoms with van der Waals surface area (Å²) >= 11 is 0. The van der Waals surface area contributed by atoms with Crippen molar-refractivity contribution >= 4 is 5.69 Å². The van der Waals surface area contributed by atoms with Crippen molar-refractivity contribution in [3.05, 3.63) is 24.0 Å². The van der Waals surface area contributed by atoms with E-state index in [9.17, 15) is 0 Å². The zero-order valence-electron chi connectivity index (χ0n) is 13.1. The van der Waals surface area contributed by atoms with E-state index in [1.54, 1.807) is 0 Å². The number of piperazine rings is 1. The van der Waals surface area contributed by atoms with Crippen molar-refractivity contribution in [2.24, 2.45) is 0 Å². The van der Waals surface area contributed by atoms with Crippen LogP contribution in [0.5, 0.6) is 0 Å². The lowest BCUT2D eigenvalue weighted by Gasteiger charge is -2.38. The molecule has 1 aromatic rings. The molecule has 4 heteroatoms. The Balaban J connectivity index is 1.98. The Morgan fingerprint density at radius 3 is 2.65 bits per heavy atom. The molecule has 1 N–H and O–H groups in total. The summed E-state index contributed by atoms with van der Waals surface area (Å²) in [4.78, 5) is 9.34. The van der Waals surface area contributed by atoms with Crippen molar-refractivity contribution in [1.29, 1.82) is 0 Å². The number of pyridine rings is 1. The minimum absolute atomic E-state index is 0.653. The predicted molar refractivity (Wildman–Crippen MR) is 85.2 cm³/mol. The van der Waals surface area contributed by atoms with E-state index in [1.165, 1.54) is 17.7 Å². The molecule has 1 fully saturated rings. The molecule has 0 amide bonds. The van der Waals surface area contributed by atoms with E-state index in [0.717, 1.165) is 39.3 Å². The van der Waals surface area contributed by atoms with Gasteiger partial charge >= 0.3 is 0 Å². The van der Waals surface area contributed by atoms with Gasteiger partial charge in [-0.2, -0.15) is 0 Å². The fourth-order valence-corrected chi connectivity index (χ4v) is 2.74. The molecule has 0 bridgehead atoms. The van der Waals surface area contributed by atoms with Crippen LogP contribution in [0.2, 0.25) is 0 Å². The molecule has 2 heterocycles. The van der Waals surface area contributed by atoms with E-state index in [2.05, 4.69) is 46.9 Å². The Labute approximate surface area is 123 Å². The molecule has 0 spiro atoms. The van der Waals surface area contributed by atoms with Gasteiger partial charge in [0.1, 0.15) is 0 Å². The third kappa shape index (κ3) is 3.93. The third-order valence-corrected chi connectivity index (χ3v) is 4.01. The van der Waals surface area contributed by atoms with E-state index in [-0.39, 0.29) is 0 Å². The number of nitrogens with zero attached hydrogens (tertiary/aromatic N) is 3. The number of anilines is 1. The smallest absolute Gasteiger partial charge is 0.0443 e. The van der Waals surface area contributed by atoms with Crippen LogP contribution in [0.1, 0.15) is 32.8 Å². The molecule has 0 aliphatic carbocycles. The fraction of sp³-hybridized carbons (Fsp3) is 0.688. The van der Waals surface area contributed by atoms with Crippen molar-refractivity contribution in [3.8, 4) is 0 Å². The summed E-state index contributed by atoms with van der Waals surface area (Å²) in [6, 6.07) is 2.81. The Kier molecular flexibility index (Phi) is 5.80. The largest absolute Gasteiger partial charge is 0.369 e. The number of aromatic nitrogens is 1. The van der Waals surface area contributed by atoms with Crippen molar-refractivity contribution in [1.82, 2.24) is 15.2 Å². The number of nitrogens with one attached hydrogen (secondary N) is 1. The highest BCUT2D eigenvalue weighted by Gasteiger charge is 2.20. The van der Waals surface area contributed by atoms with Gasteiger partial charge in [-0.15, -0.1) is 0 Å². The predicted octanol–water partition coefficient (Wildman–Crippen LogP) is 2.11. The van der Waals surface area contributed by atoms with Crippen molar-refractivity contribution in [2.45, 2.75) is 39.8 Å². The van der Waals surface area contributed by atoms with Gasteiger partial charge in [0.2, 0.25) is 0 Å². The maximum atomic E-state index is 4.29. The van der Waals surface area contributed by atoms with Crippen molar-refractivity contribution < 1.29 is 0 Å². The summed E-state index contributed by atoms with van der Waals surface area (Å²) in [5, 5.41) is 3.48. The summed E-state index contributed by atoms with van der Waals surface area (Å²) in [6.07, 6.45) is 5.09. The van der Waals surface area contributed by atoms with Crippen LogP contribution >= 0.6 is 0 Å². The molecule has 0 atom stereocenters. The maximum absolute atomic E-state index is 4.29. The monoisotopic (exact) mass is 276 g/mol. The minimum Gasteiger partial charge on any atom is -0.369 e. The number of hydrogen-bond donors (Lipinski definition) is 1. The molecule has 1 saturated heterocycles. The SMILES string of the molecule is CCCNCc1cnccc1N1CCN(C(C)C)CC1. The van der Waals surface area contributed by atoms with E-state index >= 15 is 0 Å². The van der Waals surface area contributed by atoms with E-state index in [0.29, 0.717) is 6.04 Å². The summed E-state index contributed by atoms with van der Waals surface area (Å²) in [6.45, 7) is 13.3. The highest BCUT2D eigenvalue weighted by atomic mass is 15.3. The second kappa shape index (κ2) is 7.60. The Morgan fingerprint density at radius 1 is 1.25 bits per heavy atom. The zero-order valence-corrected chi connectivity index (χ0v) is 13.1. The summed E-state index contributed by atoms with van der Waals surface area (Å²) in [5.74, 6) is 0. The molecule has 0 aromatic carbocycles. The Morgan fingerprint density at radius 2 is 2.00 bits per heavy atom. The molecule has 0 unspecified atom stereocenters. The molecule has 0 saturated carbocycles. The first-order valence-electron chi connectivity index (χ1n) is 7.85. The van der Waals surface area contributed by atoms with Crippen LogP contribution in [0.4, 0.5) is 5.69 Å². The summed E-state index contributed by atoms with van der Waals surface area (Å²) < 4.78 is 0. The van der Waals surface area contributed by atoms with Gasteiger partial charge in [-0.25, -0.2) is 0 Å². The van der Waals surface area contributed by atoms with Gasteiger partial charge in [0, 0.05) is 62.4 Å². The molecule has 2 rings (SSSR count). The second-order valence-corrected chi connectivity index (χ2v) is 5.80. The normalized spacial score (nSPS) is 16.9. The summed E-state index contributed by atoms with van der Waals surface area (Å²) in [5.41, 5.74) is 2.67. The van der Waals surface area contributed by atoms with Gasteiger partial charge < -0.3 is 10.2 Å². The molecule has 1 aliphatic rings. The van der Waals surface area contributed by atoms with Crippen LogP contribution in [-0.4, -0.2) is 48.6 Å². The molecule has 1 aromatic heterocycles. The number of rotatable bonds is 6. The Hall–Kier alpha value is -1.13. The first-order chi connectivity index (χ1) is 9.72. The van der Waals surface area contributed by atoms with E-state index < -0.39 is 0 Å². The van der Waals surface area contributed by atoms with Crippen LogP contribution in [0.25, 0.3) is 0 Å². The van der Waals surface area contributed by atoms with Gasteiger partial charge in [0.25, 0.3) is 0 Å². The average Bonchev–Trinajstić information content (AvgIpc) is 2.48. The van der Waals surface area contributed by atoms with Crippen LogP contribution in [0, 0.1) is 0 Å². The molecule has 112 valence electrons. The quantitative estimate of drug-likeness (QED) is 0.806. The molecule has 0 radical (unpaired) electrons. The zero-order chi connectivity index (χ0) is 14.4. The average molecular weight is 276 g/mol. The molecule has 1 aliphatic heterocycles.